The minimum atomic E-state index is -1.14. The Bertz CT molecular complexity index is 1190. The van der Waals surface area contributed by atoms with Crippen molar-refractivity contribution in [3.05, 3.63) is 108 Å². The second-order valence-corrected chi connectivity index (χ2v) is 7.45. The van der Waals surface area contributed by atoms with E-state index in [-0.39, 0.29) is 12.5 Å². The molecule has 0 spiro atoms. The van der Waals surface area contributed by atoms with Crippen LogP contribution in [0, 0.1) is 0 Å². The molecule has 1 N–H and O–H groups in total. The number of urea groups is 1. The van der Waals surface area contributed by atoms with Gasteiger partial charge in [0.25, 0.3) is 5.91 Å². The first kappa shape index (κ1) is 18.1. The molecular formula is C24H20N4O2. The Balaban J connectivity index is 1.52. The third kappa shape index (κ3) is 3.03. The summed E-state index contributed by atoms with van der Waals surface area (Å²) in [5.41, 5.74) is 2.04. The number of benzene rings is 2. The maximum atomic E-state index is 13.7. The molecule has 1 aliphatic heterocycles. The van der Waals surface area contributed by atoms with Gasteiger partial charge in [0.2, 0.25) is 0 Å². The van der Waals surface area contributed by atoms with Crippen LogP contribution in [0.15, 0.2) is 91.3 Å². The van der Waals surface area contributed by atoms with E-state index in [2.05, 4.69) is 10.3 Å². The van der Waals surface area contributed by atoms with Gasteiger partial charge in [-0.15, -0.1) is 0 Å². The molecule has 1 fully saturated rings. The van der Waals surface area contributed by atoms with E-state index in [1.807, 2.05) is 95.7 Å². The van der Waals surface area contributed by atoms with Gasteiger partial charge < -0.3 is 9.72 Å². The fourth-order valence-electron chi connectivity index (χ4n) is 4.04. The maximum Gasteiger partial charge on any atom is 0.325 e. The lowest BCUT2D eigenvalue weighted by atomic mass is 9.83. The molecule has 1 atom stereocenters. The van der Waals surface area contributed by atoms with Crippen LogP contribution in [0.25, 0.3) is 5.65 Å². The first-order valence-electron chi connectivity index (χ1n) is 9.82. The SMILES string of the molecule is O=C1N[C@@](Cc2ccccc2)(c2ccccc2)C(=O)N1Cc1cn2ccccc2n1. The molecule has 1 saturated heterocycles. The number of carbonyl (C=O) groups is 2. The molecule has 2 aromatic carbocycles. The van der Waals surface area contributed by atoms with E-state index in [1.54, 1.807) is 0 Å². The van der Waals surface area contributed by atoms with Gasteiger partial charge in [-0.25, -0.2) is 9.78 Å². The minimum Gasteiger partial charge on any atom is -0.319 e. The molecule has 6 nitrogen and oxygen atoms in total. The molecule has 0 bridgehead atoms. The summed E-state index contributed by atoms with van der Waals surface area (Å²) in [5.74, 6) is -0.264. The predicted molar refractivity (Wildman–Crippen MR) is 113 cm³/mol. The lowest BCUT2D eigenvalue weighted by Crippen LogP contribution is -2.46. The summed E-state index contributed by atoms with van der Waals surface area (Å²) in [6, 6.07) is 24.5. The zero-order valence-corrected chi connectivity index (χ0v) is 16.2. The number of carbonyl (C=O) groups excluding carboxylic acids is 2. The van der Waals surface area contributed by atoms with Gasteiger partial charge in [-0.2, -0.15) is 0 Å². The maximum absolute atomic E-state index is 13.7. The van der Waals surface area contributed by atoms with Crippen LogP contribution in [0.1, 0.15) is 16.8 Å². The largest absolute Gasteiger partial charge is 0.325 e. The zero-order chi connectivity index (χ0) is 20.6. The second kappa shape index (κ2) is 7.15. The summed E-state index contributed by atoms with van der Waals surface area (Å²) in [5, 5.41) is 2.99. The third-order valence-corrected chi connectivity index (χ3v) is 5.49. The van der Waals surface area contributed by atoms with Gasteiger partial charge in [0.1, 0.15) is 5.65 Å². The highest BCUT2D eigenvalue weighted by molar-refractivity contribution is 6.07. The summed E-state index contributed by atoms with van der Waals surface area (Å²) in [7, 11) is 0. The van der Waals surface area contributed by atoms with Gasteiger partial charge in [-0.3, -0.25) is 9.69 Å². The molecule has 148 valence electrons. The molecule has 4 aromatic rings. The molecular weight excluding hydrogens is 376 g/mol. The Kier molecular flexibility index (Phi) is 4.32. The zero-order valence-electron chi connectivity index (χ0n) is 16.2. The molecule has 0 aliphatic carbocycles. The summed E-state index contributed by atoms with van der Waals surface area (Å²) >= 11 is 0. The average molecular weight is 396 g/mol. The van der Waals surface area contributed by atoms with E-state index >= 15 is 0 Å². The smallest absolute Gasteiger partial charge is 0.319 e. The Morgan fingerprint density at radius 3 is 2.30 bits per heavy atom. The lowest BCUT2D eigenvalue weighted by molar-refractivity contribution is -0.132. The van der Waals surface area contributed by atoms with Gasteiger partial charge in [-0.1, -0.05) is 66.7 Å². The fourth-order valence-corrected chi connectivity index (χ4v) is 4.04. The van der Waals surface area contributed by atoms with Crippen LogP contribution < -0.4 is 5.32 Å². The predicted octanol–water partition coefficient (Wildman–Crippen LogP) is 3.52. The van der Waals surface area contributed by atoms with Crippen LogP contribution in [-0.2, 0) is 23.3 Å². The number of nitrogens with zero attached hydrogens (tertiary/aromatic N) is 3. The number of aromatic nitrogens is 2. The van der Waals surface area contributed by atoms with Gasteiger partial charge in [0.15, 0.2) is 5.54 Å². The molecule has 6 heteroatoms. The number of hydrogen-bond acceptors (Lipinski definition) is 3. The number of nitrogens with one attached hydrogen (secondary N) is 1. The lowest BCUT2D eigenvalue weighted by Gasteiger charge is -2.27. The highest BCUT2D eigenvalue weighted by atomic mass is 16.2. The van der Waals surface area contributed by atoms with Crippen LogP contribution >= 0.6 is 0 Å². The molecule has 5 rings (SSSR count). The van der Waals surface area contributed by atoms with Crippen molar-refractivity contribution in [2.75, 3.05) is 0 Å². The molecule has 0 radical (unpaired) electrons. The van der Waals surface area contributed by atoms with Crippen molar-refractivity contribution in [1.82, 2.24) is 19.6 Å². The van der Waals surface area contributed by atoms with E-state index in [1.165, 1.54) is 4.90 Å². The number of amides is 3. The molecule has 3 amide bonds. The number of imidazole rings is 1. The Morgan fingerprint density at radius 1 is 0.867 bits per heavy atom. The van der Waals surface area contributed by atoms with E-state index < -0.39 is 11.6 Å². The van der Waals surface area contributed by atoms with Gasteiger partial charge in [0, 0.05) is 18.8 Å². The van der Waals surface area contributed by atoms with Crippen LogP contribution in [0.4, 0.5) is 4.79 Å². The van der Waals surface area contributed by atoms with Gasteiger partial charge in [0.05, 0.1) is 12.2 Å². The quantitative estimate of drug-likeness (QED) is 0.525. The molecule has 0 unspecified atom stereocenters. The second-order valence-electron chi connectivity index (χ2n) is 7.45. The standard InChI is InChI=1S/C24H20N4O2/c29-22-24(19-11-5-2-6-12-19,15-18-9-3-1-4-10-18)26-23(30)28(22)17-20-16-27-14-8-7-13-21(27)25-20/h1-14,16H,15,17H2,(H,26,30)/t24-/m0/s1. The van der Waals surface area contributed by atoms with Crippen molar-refractivity contribution in [2.24, 2.45) is 0 Å². The van der Waals surface area contributed by atoms with Gasteiger partial charge in [-0.05, 0) is 23.3 Å². The first-order valence-corrected chi connectivity index (χ1v) is 9.82. The van der Waals surface area contributed by atoms with Crippen molar-refractivity contribution in [2.45, 2.75) is 18.5 Å². The number of pyridine rings is 1. The number of fused-ring (bicyclic) bond motifs is 1. The van der Waals surface area contributed by atoms with Crippen molar-refractivity contribution in [1.29, 1.82) is 0 Å². The van der Waals surface area contributed by atoms with Crippen molar-refractivity contribution < 1.29 is 9.59 Å². The molecule has 3 heterocycles. The van der Waals surface area contributed by atoms with Crippen LogP contribution in [-0.4, -0.2) is 26.2 Å². The van der Waals surface area contributed by atoms with E-state index in [0.29, 0.717) is 12.1 Å². The summed E-state index contributed by atoms with van der Waals surface area (Å²) in [6.45, 7) is 0.121. The summed E-state index contributed by atoms with van der Waals surface area (Å²) < 4.78 is 1.88. The molecule has 0 saturated carbocycles. The summed E-state index contributed by atoms with van der Waals surface area (Å²) in [4.78, 5) is 32.4. The Morgan fingerprint density at radius 2 is 1.57 bits per heavy atom. The average Bonchev–Trinajstić information content (AvgIpc) is 3.29. The van der Waals surface area contributed by atoms with E-state index in [0.717, 1.165) is 16.8 Å². The Hall–Kier alpha value is -3.93. The van der Waals surface area contributed by atoms with Crippen LogP contribution in [0.2, 0.25) is 0 Å². The molecule has 1 aliphatic rings. The first-order chi connectivity index (χ1) is 14.7. The molecule has 30 heavy (non-hydrogen) atoms. The molecule has 2 aromatic heterocycles. The fraction of sp³-hybridized carbons (Fsp3) is 0.125. The van der Waals surface area contributed by atoms with E-state index in [9.17, 15) is 9.59 Å². The van der Waals surface area contributed by atoms with Crippen molar-refractivity contribution in [3.63, 3.8) is 0 Å². The topological polar surface area (TPSA) is 66.7 Å². The van der Waals surface area contributed by atoms with Crippen LogP contribution in [0.5, 0.6) is 0 Å². The highest BCUT2D eigenvalue weighted by Gasteiger charge is 2.52. The minimum absolute atomic E-state index is 0.121. The highest BCUT2D eigenvalue weighted by Crippen LogP contribution is 2.33. The number of rotatable bonds is 5. The third-order valence-electron chi connectivity index (χ3n) is 5.49. The Labute approximate surface area is 173 Å². The van der Waals surface area contributed by atoms with Crippen molar-refractivity contribution in [3.8, 4) is 0 Å². The van der Waals surface area contributed by atoms with Gasteiger partial charge >= 0.3 is 6.03 Å². The normalized spacial score (nSPS) is 18.7. The summed E-state index contributed by atoms with van der Waals surface area (Å²) in [6.07, 6.45) is 4.11. The van der Waals surface area contributed by atoms with E-state index in [4.69, 9.17) is 0 Å². The number of imide groups is 1. The number of hydrogen-bond donors (Lipinski definition) is 1. The van der Waals surface area contributed by atoms with Crippen LogP contribution in [0.3, 0.4) is 0 Å². The monoisotopic (exact) mass is 396 g/mol. The van der Waals surface area contributed by atoms with Crippen molar-refractivity contribution >= 4 is 17.6 Å².